The maximum atomic E-state index is 12.2. The van der Waals surface area contributed by atoms with Gasteiger partial charge in [0.1, 0.15) is 11.6 Å². The van der Waals surface area contributed by atoms with Gasteiger partial charge < -0.3 is 5.32 Å². The van der Waals surface area contributed by atoms with E-state index in [1.165, 1.54) is 28.2 Å². The standard InChI is InChI=1S/C17H14F3N3O3S3/c18-17(19,20)10-21-29(25,26)14-3-1-12(2-4-14)22-15(24)7-13-9-28-16(23-13)11-5-6-27-8-11/h1-6,8-9,21H,7,10H2,(H,22,24). The number of carbonyl (C=O) groups excluding carboxylic acids is 1. The molecule has 2 N–H and O–H groups in total. The summed E-state index contributed by atoms with van der Waals surface area (Å²) in [6.07, 6.45) is -4.62. The normalized spacial score (nSPS) is 12.1. The van der Waals surface area contributed by atoms with E-state index in [0.29, 0.717) is 11.4 Å². The molecule has 6 nitrogen and oxygen atoms in total. The van der Waals surface area contributed by atoms with E-state index in [9.17, 15) is 26.4 Å². The van der Waals surface area contributed by atoms with Crippen molar-refractivity contribution in [1.82, 2.24) is 9.71 Å². The van der Waals surface area contributed by atoms with E-state index in [-0.39, 0.29) is 17.2 Å². The van der Waals surface area contributed by atoms with Crippen molar-refractivity contribution in [2.45, 2.75) is 17.5 Å². The summed E-state index contributed by atoms with van der Waals surface area (Å²) in [5.41, 5.74) is 1.91. The number of aromatic nitrogens is 1. The third-order valence-electron chi connectivity index (χ3n) is 3.57. The molecular formula is C17H14F3N3O3S3. The second-order valence-corrected chi connectivity index (χ2v) is 9.25. The summed E-state index contributed by atoms with van der Waals surface area (Å²) >= 11 is 2.98. The molecule has 0 aliphatic carbocycles. The Hall–Kier alpha value is -2.28. The van der Waals surface area contributed by atoms with Crippen molar-refractivity contribution in [3.8, 4) is 10.6 Å². The van der Waals surface area contributed by atoms with Gasteiger partial charge in [0.05, 0.1) is 17.0 Å². The number of nitrogens with one attached hydrogen (secondary N) is 2. The molecule has 0 bridgehead atoms. The summed E-state index contributed by atoms with van der Waals surface area (Å²) in [6.45, 7) is -1.66. The van der Waals surface area contributed by atoms with E-state index in [4.69, 9.17) is 0 Å². The van der Waals surface area contributed by atoms with Crippen LogP contribution in [0.3, 0.4) is 0 Å². The number of sulfonamides is 1. The van der Waals surface area contributed by atoms with Gasteiger partial charge in [-0.15, -0.1) is 11.3 Å². The fourth-order valence-corrected chi connectivity index (χ4v) is 4.80. The average molecular weight is 462 g/mol. The van der Waals surface area contributed by atoms with Crippen molar-refractivity contribution in [1.29, 1.82) is 0 Å². The highest BCUT2D eigenvalue weighted by atomic mass is 32.2. The molecule has 29 heavy (non-hydrogen) atoms. The molecule has 0 fully saturated rings. The molecule has 0 radical (unpaired) electrons. The number of alkyl halides is 3. The molecule has 0 aliphatic rings. The Bertz CT molecular complexity index is 1080. The van der Waals surface area contributed by atoms with Crippen LogP contribution in [0.1, 0.15) is 5.69 Å². The molecule has 0 spiro atoms. The lowest BCUT2D eigenvalue weighted by molar-refractivity contribution is -0.121. The van der Waals surface area contributed by atoms with Gasteiger partial charge in [-0.3, -0.25) is 4.79 Å². The molecule has 0 unspecified atom stereocenters. The molecule has 0 saturated heterocycles. The molecule has 12 heteroatoms. The maximum absolute atomic E-state index is 12.2. The quantitative estimate of drug-likeness (QED) is 0.559. The minimum Gasteiger partial charge on any atom is -0.326 e. The van der Waals surface area contributed by atoms with E-state index in [2.05, 4.69) is 10.3 Å². The third-order valence-corrected chi connectivity index (χ3v) is 6.61. The van der Waals surface area contributed by atoms with Crippen molar-refractivity contribution >= 4 is 44.3 Å². The number of rotatable bonds is 7. The van der Waals surface area contributed by atoms with E-state index in [1.807, 2.05) is 16.8 Å². The van der Waals surface area contributed by atoms with Crippen LogP contribution in [0.5, 0.6) is 0 Å². The summed E-state index contributed by atoms with van der Waals surface area (Å²) in [5.74, 6) is -0.349. The molecular weight excluding hydrogens is 447 g/mol. The van der Waals surface area contributed by atoms with Gasteiger partial charge in [0.15, 0.2) is 0 Å². The molecule has 0 aliphatic heterocycles. The first kappa shape index (κ1) is 21.4. The molecule has 0 saturated carbocycles. The fraction of sp³-hybridized carbons (Fsp3) is 0.176. The van der Waals surface area contributed by atoms with Crippen LogP contribution in [0.15, 0.2) is 51.4 Å². The Morgan fingerprint density at radius 2 is 1.83 bits per heavy atom. The zero-order valence-electron chi connectivity index (χ0n) is 14.6. The third kappa shape index (κ3) is 6.10. The van der Waals surface area contributed by atoms with Gasteiger partial charge in [0.2, 0.25) is 15.9 Å². The lowest BCUT2D eigenvalue weighted by Gasteiger charge is -2.10. The van der Waals surface area contributed by atoms with Gasteiger partial charge in [0, 0.05) is 22.0 Å². The predicted octanol–water partition coefficient (Wildman–Crippen LogP) is 3.89. The lowest BCUT2D eigenvalue weighted by Crippen LogP contribution is -2.33. The summed E-state index contributed by atoms with van der Waals surface area (Å²) in [5, 5.41) is 9.10. The second kappa shape index (κ2) is 8.61. The largest absolute Gasteiger partial charge is 0.402 e. The van der Waals surface area contributed by atoms with Crippen LogP contribution in [0.25, 0.3) is 10.6 Å². The zero-order chi connectivity index (χ0) is 21.1. The van der Waals surface area contributed by atoms with Gasteiger partial charge >= 0.3 is 6.18 Å². The summed E-state index contributed by atoms with van der Waals surface area (Å²) in [7, 11) is -4.30. The van der Waals surface area contributed by atoms with Crippen LogP contribution >= 0.6 is 22.7 Å². The number of thiophene rings is 1. The van der Waals surface area contributed by atoms with Crippen molar-refractivity contribution in [2.75, 3.05) is 11.9 Å². The SMILES string of the molecule is O=C(Cc1csc(-c2ccsc2)n1)Nc1ccc(S(=O)(=O)NCC(F)(F)F)cc1. The Labute approximate surface area is 172 Å². The highest BCUT2D eigenvalue weighted by Crippen LogP contribution is 2.26. The Kier molecular flexibility index (Phi) is 6.36. The zero-order valence-corrected chi connectivity index (χ0v) is 17.0. The first-order chi connectivity index (χ1) is 13.6. The number of benzene rings is 1. The van der Waals surface area contributed by atoms with Crippen LogP contribution in [-0.4, -0.2) is 32.0 Å². The number of anilines is 1. The summed E-state index contributed by atoms with van der Waals surface area (Å²) < 4.78 is 61.7. The topological polar surface area (TPSA) is 88.2 Å². The minimum absolute atomic E-state index is 0.0355. The molecule has 1 aromatic carbocycles. The molecule has 3 aromatic rings. The molecule has 3 rings (SSSR count). The number of hydrogen-bond acceptors (Lipinski definition) is 6. The summed E-state index contributed by atoms with van der Waals surface area (Å²) in [6, 6.07) is 6.78. The number of carbonyl (C=O) groups is 1. The van der Waals surface area contributed by atoms with Gasteiger partial charge in [-0.1, -0.05) is 0 Å². The van der Waals surface area contributed by atoms with Crippen molar-refractivity contribution in [2.24, 2.45) is 0 Å². The van der Waals surface area contributed by atoms with Crippen molar-refractivity contribution in [3.63, 3.8) is 0 Å². The average Bonchev–Trinajstić information content (AvgIpc) is 3.31. The van der Waals surface area contributed by atoms with Gasteiger partial charge in [-0.25, -0.2) is 18.1 Å². The minimum atomic E-state index is -4.65. The van der Waals surface area contributed by atoms with E-state index in [1.54, 1.807) is 16.7 Å². The Morgan fingerprint density at radius 3 is 2.45 bits per heavy atom. The number of amides is 1. The van der Waals surface area contributed by atoms with Crippen LogP contribution in [-0.2, 0) is 21.2 Å². The van der Waals surface area contributed by atoms with E-state index >= 15 is 0 Å². The second-order valence-electron chi connectivity index (χ2n) is 5.85. The van der Waals surface area contributed by atoms with Crippen LogP contribution < -0.4 is 10.0 Å². The lowest BCUT2D eigenvalue weighted by atomic mass is 10.3. The van der Waals surface area contributed by atoms with Crippen LogP contribution in [0.2, 0.25) is 0 Å². The molecule has 2 aromatic heterocycles. The Morgan fingerprint density at radius 1 is 1.10 bits per heavy atom. The maximum Gasteiger partial charge on any atom is 0.402 e. The number of halogens is 3. The van der Waals surface area contributed by atoms with Gasteiger partial charge in [-0.2, -0.15) is 24.5 Å². The number of nitrogens with zero attached hydrogens (tertiary/aromatic N) is 1. The fourth-order valence-electron chi connectivity index (χ4n) is 2.25. The molecule has 154 valence electrons. The monoisotopic (exact) mass is 461 g/mol. The molecule has 1 amide bonds. The molecule has 0 atom stereocenters. The van der Waals surface area contributed by atoms with Gasteiger partial charge in [-0.05, 0) is 35.7 Å². The summed E-state index contributed by atoms with van der Waals surface area (Å²) in [4.78, 5) is 16.2. The van der Waals surface area contributed by atoms with Crippen molar-refractivity contribution in [3.05, 3.63) is 52.2 Å². The smallest absolute Gasteiger partial charge is 0.326 e. The van der Waals surface area contributed by atoms with Crippen LogP contribution in [0.4, 0.5) is 18.9 Å². The first-order valence-corrected chi connectivity index (χ1v) is 11.4. The predicted molar refractivity (Wildman–Crippen MR) is 105 cm³/mol. The molecule has 2 heterocycles. The van der Waals surface area contributed by atoms with Gasteiger partial charge in [0.25, 0.3) is 0 Å². The Balaban J connectivity index is 1.59. The highest BCUT2D eigenvalue weighted by molar-refractivity contribution is 7.89. The van der Waals surface area contributed by atoms with E-state index in [0.717, 1.165) is 22.7 Å². The first-order valence-electron chi connectivity index (χ1n) is 8.06. The number of thiazole rings is 1. The van der Waals surface area contributed by atoms with Crippen molar-refractivity contribution < 1.29 is 26.4 Å². The number of hydrogen-bond donors (Lipinski definition) is 2. The van der Waals surface area contributed by atoms with Crippen LogP contribution in [0, 0.1) is 0 Å². The van der Waals surface area contributed by atoms with E-state index < -0.39 is 22.7 Å². The highest BCUT2D eigenvalue weighted by Gasteiger charge is 2.30.